The van der Waals surface area contributed by atoms with Gasteiger partial charge in [0.05, 0.1) is 29.6 Å². The van der Waals surface area contributed by atoms with Crippen LogP contribution in [0.1, 0.15) is 25.7 Å². The molecule has 132 valence electrons. The Morgan fingerprint density at radius 2 is 1.57 bits per heavy atom. The average molecular weight is 366 g/mol. The molecule has 2 heterocycles. The van der Waals surface area contributed by atoms with Gasteiger partial charge in [-0.3, -0.25) is 9.59 Å². The zero-order chi connectivity index (χ0) is 17.1. The first-order chi connectivity index (χ1) is 10.7. The number of amides is 2. The van der Waals surface area contributed by atoms with E-state index in [1.54, 1.807) is 0 Å². The lowest BCUT2D eigenvalue weighted by Crippen LogP contribution is -2.42. The van der Waals surface area contributed by atoms with Crippen molar-refractivity contribution < 1.29 is 26.4 Å². The molecule has 2 fully saturated rings. The molecule has 8 nitrogen and oxygen atoms in total. The Hall–Kier alpha value is -1.16. The van der Waals surface area contributed by atoms with Crippen LogP contribution in [0.3, 0.4) is 0 Å². The van der Waals surface area contributed by atoms with Crippen molar-refractivity contribution in [2.75, 3.05) is 29.6 Å². The summed E-state index contributed by atoms with van der Waals surface area (Å²) in [7, 11) is -5.99. The van der Waals surface area contributed by atoms with Gasteiger partial charge >= 0.3 is 0 Å². The summed E-state index contributed by atoms with van der Waals surface area (Å²) >= 11 is 0. The summed E-state index contributed by atoms with van der Waals surface area (Å²) in [5.41, 5.74) is 0. The highest BCUT2D eigenvalue weighted by Crippen LogP contribution is 2.22. The number of sulfone groups is 2. The van der Waals surface area contributed by atoms with Gasteiger partial charge in [-0.05, 0) is 25.2 Å². The molecule has 2 N–H and O–H groups in total. The van der Waals surface area contributed by atoms with E-state index in [-0.39, 0.29) is 53.8 Å². The predicted octanol–water partition coefficient (Wildman–Crippen LogP) is -1.38. The first-order valence-electron chi connectivity index (χ1n) is 7.62. The van der Waals surface area contributed by atoms with Gasteiger partial charge < -0.3 is 10.6 Å². The molecule has 2 unspecified atom stereocenters. The van der Waals surface area contributed by atoms with Gasteiger partial charge in [0.25, 0.3) is 0 Å². The fourth-order valence-electron chi connectivity index (χ4n) is 2.89. The third kappa shape index (κ3) is 6.09. The van der Waals surface area contributed by atoms with Crippen LogP contribution in [0.25, 0.3) is 0 Å². The lowest BCUT2D eigenvalue weighted by atomic mass is 10.0. The quantitative estimate of drug-likeness (QED) is 0.597. The van der Waals surface area contributed by atoms with E-state index in [0.29, 0.717) is 19.3 Å². The Morgan fingerprint density at radius 3 is 2.13 bits per heavy atom. The topological polar surface area (TPSA) is 126 Å². The fraction of sp³-hybridized carbons (Fsp3) is 0.846. The van der Waals surface area contributed by atoms with Crippen LogP contribution in [0, 0.1) is 5.92 Å². The second-order valence-corrected chi connectivity index (χ2v) is 10.7. The summed E-state index contributed by atoms with van der Waals surface area (Å²) in [5, 5.41) is 5.06. The van der Waals surface area contributed by atoms with Gasteiger partial charge in [0.15, 0.2) is 19.7 Å². The van der Waals surface area contributed by atoms with Crippen LogP contribution in [0.15, 0.2) is 0 Å². The molecule has 2 aliphatic rings. The standard InChI is InChI=1S/C13H22N2O6S2/c16-12(2-1-10-3-5-22(18,19)8-10)14-7-13(17)15-11-4-6-23(20,21)9-11/h10-11H,1-9H2,(H,14,16)(H,15,17). The van der Waals surface area contributed by atoms with E-state index >= 15 is 0 Å². The number of carbonyl (C=O) groups is 2. The molecule has 0 aliphatic carbocycles. The maximum absolute atomic E-state index is 11.7. The van der Waals surface area contributed by atoms with Crippen molar-refractivity contribution in [2.45, 2.75) is 31.7 Å². The molecule has 0 radical (unpaired) electrons. The molecular formula is C13H22N2O6S2. The summed E-state index contributed by atoms with van der Waals surface area (Å²) in [6.45, 7) is -0.196. The zero-order valence-electron chi connectivity index (χ0n) is 12.8. The second kappa shape index (κ2) is 7.16. The van der Waals surface area contributed by atoms with Gasteiger partial charge in [0.2, 0.25) is 11.8 Å². The van der Waals surface area contributed by atoms with Gasteiger partial charge in [-0.15, -0.1) is 0 Å². The van der Waals surface area contributed by atoms with E-state index < -0.39 is 25.6 Å². The van der Waals surface area contributed by atoms with Crippen LogP contribution < -0.4 is 10.6 Å². The van der Waals surface area contributed by atoms with Gasteiger partial charge in [-0.1, -0.05) is 0 Å². The van der Waals surface area contributed by atoms with E-state index in [4.69, 9.17) is 0 Å². The molecule has 2 amide bonds. The lowest BCUT2D eigenvalue weighted by molar-refractivity contribution is -0.126. The van der Waals surface area contributed by atoms with Crippen molar-refractivity contribution in [1.29, 1.82) is 0 Å². The normalized spacial score (nSPS) is 28.3. The van der Waals surface area contributed by atoms with Crippen molar-refractivity contribution in [1.82, 2.24) is 10.6 Å². The minimum Gasteiger partial charge on any atom is -0.351 e. The molecule has 2 atom stereocenters. The maximum atomic E-state index is 11.7. The smallest absolute Gasteiger partial charge is 0.239 e. The molecule has 10 heteroatoms. The molecule has 23 heavy (non-hydrogen) atoms. The SMILES string of the molecule is O=C(CCC1CCS(=O)(=O)C1)NCC(=O)NC1CCS(=O)(=O)C1. The maximum Gasteiger partial charge on any atom is 0.239 e. The Morgan fingerprint density at radius 1 is 0.913 bits per heavy atom. The van der Waals surface area contributed by atoms with Crippen molar-refractivity contribution in [3.05, 3.63) is 0 Å². The number of hydrogen-bond donors (Lipinski definition) is 2. The number of carbonyl (C=O) groups excluding carboxylic acids is 2. The summed E-state index contributed by atoms with van der Waals surface area (Å²) in [4.78, 5) is 23.3. The van der Waals surface area contributed by atoms with Crippen LogP contribution in [0.5, 0.6) is 0 Å². The lowest BCUT2D eigenvalue weighted by Gasteiger charge is -2.12. The monoisotopic (exact) mass is 366 g/mol. The first-order valence-corrected chi connectivity index (χ1v) is 11.3. The molecule has 0 aromatic rings. The third-order valence-electron chi connectivity index (χ3n) is 4.15. The first kappa shape index (κ1) is 18.2. The minimum atomic E-state index is -3.05. The van der Waals surface area contributed by atoms with Gasteiger partial charge in [-0.2, -0.15) is 0 Å². The number of hydrogen-bond acceptors (Lipinski definition) is 6. The predicted molar refractivity (Wildman–Crippen MR) is 84.2 cm³/mol. The third-order valence-corrected chi connectivity index (χ3v) is 7.75. The van der Waals surface area contributed by atoms with Crippen LogP contribution >= 0.6 is 0 Å². The number of rotatable bonds is 6. The van der Waals surface area contributed by atoms with Gasteiger partial charge in [0.1, 0.15) is 0 Å². The van der Waals surface area contributed by atoms with Gasteiger partial charge in [0, 0.05) is 12.5 Å². The van der Waals surface area contributed by atoms with E-state index in [0.717, 1.165) is 0 Å². The molecule has 0 aromatic heterocycles. The van der Waals surface area contributed by atoms with Crippen molar-refractivity contribution in [3.63, 3.8) is 0 Å². The Bertz CT molecular complexity index is 671. The zero-order valence-corrected chi connectivity index (χ0v) is 14.4. The molecule has 2 aliphatic heterocycles. The highest BCUT2D eigenvalue weighted by atomic mass is 32.2. The van der Waals surface area contributed by atoms with Crippen LogP contribution in [-0.4, -0.2) is 64.2 Å². The van der Waals surface area contributed by atoms with E-state index in [1.807, 2.05) is 0 Å². The summed E-state index contributed by atoms with van der Waals surface area (Å²) in [5.74, 6) is -0.351. The molecular weight excluding hydrogens is 344 g/mol. The fourth-order valence-corrected chi connectivity index (χ4v) is 6.47. The second-order valence-electron chi connectivity index (χ2n) is 6.25. The molecule has 0 spiro atoms. The summed E-state index contributed by atoms with van der Waals surface area (Å²) < 4.78 is 45.2. The highest BCUT2D eigenvalue weighted by Gasteiger charge is 2.29. The highest BCUT2D eigenvalue weighted by molar-refractivity contribution is 7.91. The van der Waals surface area contributed by atoms with Gasteiger partial charge in [-0.25, -0.2) is 16.8 Å². The Kier molecular flexibility index (Phi) is 5.66. The summed E-state index contributed by atoms with van der Waals surface area (Å²) in [6.07, 6.45) is 1.67. The van der Waals surface area contributed by atoms with Crippen LogP contribution in [0.2, 0.25) is 0 Å². The molecule has 0 aromatic carbocycles. The Labute approximate surface area is 136 Å². The Balaban J connectivity index is 1.62. The van der Waals surface area contributed by atoms with E-state index in [1.165, 1.54) is 0 Å². The molecule has 2 rings (SSSR count). The van der Waals surface area contributed by atoms with E-state index in [9.17, 15) is 26.4 Å². The number of nitrogens with one attached hydrogen (secondary N) is 2. The van der Waals surface area contributed by atoms with Crippen LogP contribution in [-0.2, 0) is 29.3 Å². The summed E-state index contributed by atoms with van der Waals surface area (Å²) in [6, 6.07) is -0.381. The van der Waals surface area contributed by atoms with E-state index in [2.05, 4.69) is 10.6 Å². The minimum absolute atomic E-state index is 0.0169. The van der Waals surface area contributed by atoms with Crippen molar-refractivity contribution in [3.8, 4) is 0 Å². The average Bonchev–Trinajstić information content (AvgIpc) is 2.96. The largest absolute Gasteiger partial charge is 0.351 e. The molecule has 0 saturated carbocycles. The molecule has 0 bridgehead atoms. The van der Waals surface area contributed by atoms with Crippen molar-refractivity contribution in [2.24, 2.45) is 5.92 Å². The molecule has 2 saturated heterocycles. The van der Waals surface area contributed by atoms with Crippen LogP contribution in [0.4, 0.5) is 0 Å². The van der Waals surface area contributed by atoms with Crippen molar-refractivity contribution >= 4 is 31.5 Å².